The first-order valence-electron chi connectivity index (χ1n) is 6.24. The summed E-state index contributed by atoms with van der Waals surface area (Å²) >= 11 is 0. The Morgan fingerprint density at radius 1 is 1.24 bits per heavy atom. The van der Waals surface area contributed by atoms with Crippen molar-refractivity contribution in [3.05, 3.63) is 65.5 Å². The van der Waals surface area contributed by atoms with Gasteiger partial charge >= 0.3 is 5.97 Å². The molecule has 0 bridgehead atoms. The van der Waals surface area contributed by atoms with Gasteiger partial charge in [-0.3, -0.25) is 0 Å². The highest BCUT2D eigenvalue weighted by Crippen LogP contribution is 2.21. The number of nitrogens with zero attached hydrogens (tertiary/aromatic N) is 1. The highest BCUT2D eigenvalue weighted by atomic mass is 19.1. The molecule has 5 heteroatoms. The molecule has 0 aromatic heterocycles. The SMILES string of the molecule is COC(=O)c1ccc(C(C#N)Nc2ccccc2F)cc1. The molecule has 2 rings (SSSR count). The Labute approximate surface area is 121 Å². The minimum Gasteiger partial charge on any atom is -0.465 e. The monoisotopic (exact) mass is 284 g/mol. The molecule has 0 fully saturated rings. The lowest BCUT2D eigenvalue weighted by Gasteiger charge is -2.14. The van der Waals surface area contributed by atoms with Gasteiger partial charge in [-0.1, -0.05) is 24.3 Å². The third kappa shape index (κ3) is 3.37. The van der Waals surface area contributed by atoms with Crippen LogP contribution in [-0.2, 0) is 4.74 Å². The molecule has 0 heterocycles. The van der Waals surface area contributed by atoms with Crippen molar-refractivity contribution in [2.24, 2.45) is 0 Å². The quantitative estimate of drug-likeness (QED) is 0.875. The first-order valence-corrected chi connectivity index (χ1v) is 6.24. The molecule has 2 aromatic rings. The number of esters is 1. The second-order valence-corrected chi connectivity index (χ2v) is 4.30. The van der Waals surface area contributed by atoms with Crippen LogP contribution in [0.2, 0.25) is 0 Å². The molecule has 0 saturated heterocycles. The van der Waals surface area contributed by atoms with Crippen molar-refractivity contribution in [2.45, 2.75) is 6.04 Å². The van der Waals surface area contributed by atoms with E-state index in [4.69, 9.17) is 0 Å². The molecule has 0 aliphatic carbocycles. The minimum atomic E-state index is -0.714. The van der Waals surface area contributed by atoms with Crippen LogP contribution in [0.5, 0.6) is 0 Å². The van der Waals surface area contributed by atoms with Gasteiger partial charge in [-0.25, -0.2) is 9.18 Å². The van der Waals surface area contributed by atoms with Crippen LogP contribution in [0, 0.1) is 17.1 Å². The lowest BCUT2D eigenvalue weighted by atomic mass is 10.1. The molecule has 0 radical (unpaired) electrons. The van der Waals surface area contributed by atoms with Crippen molar-refractivity contribution in [1.29, 1.82) is 5.26 Å². The Morgan fingerprint density at radius 3 is 2.48 bits per heavy atom. The Hall–Kier alpha value is -2.87. The van der Waals surface area contributed by atoms with Crippen LogP contribution >= 0.6 is 0 Å². The van der Waals surface area contributed by atoms with Crippen molar-refractivity contribution in [2.75, 3.05) is 12.4 Å². The molecule has 0 saturated carbocycles. The number of rotatable bonds is 4. The molecular weight excluding hydrogens is 271 g/mol. The van der Waals surface area contributed by atoms with Crippen LogP contribution in [0.25, 0.3) is 0 Å². The molecule has 0 aliphatic rings. The number of anilines is 1. The maximum absolute atomic E-state index is 13.6. The van der Waals surface area contributed by atoms with Crippen molar-refractivity contribution >= 4 is 11.7 Å². The minimum absolute atomic E-state index is 0.251. The first-order chi connectivity index (χ1) is 10.2. The van der Waals surface area contributed by atoms with Gasteiger partial charge in [0.15, 0.2) is 0 Å². The Kier molecular flexibility index (Phi) is 4.52. The van der Waals surface area contributed by atoms with Crippen LogP contribution in [0.3, 0.4) is 0 Å². The zero-order valence-electron chi connectivity index (χ0n) is 11.3. The van der Waals surface area contributed by atoms with E-state index in [0.29, 0.717) is 11.1 Å². The lowest BCUT2D eigenvalue weighted by Crippen LogP contribution is -2.10. The molecular formula is C16H13FN2O2. The second kappa shape index (κ2) is 6.53. The van der Waals surface area contributed by atoms with Gasteiger partial charge in [0.2, 0.25) is 0 Å². The van der Waals surface area contributed by atoms with Crippen molar-refractivity contribution in [3.8, 4) is 6.07 Å². The van der Waals surface area contributed by atoms with Crippen LogP contribution in [0.4, 0.5) is 10.1 Å². The summed E-state index contributed by atoms with van der Waals surface area (Å²) in [5.74, 6) is -0.874. The summed E-state index contributed by atoms with van der Waals surface area (Å²) in [6.07, 6.45) is 0. The molecule has 4 nitrogen and oxygen atoms in total. The number of carbonyl (C=O) groups excluding carboxylic acids is 1. The molecule has 1 N–H and O–H groups in total. The maximum Gasteiger partial charge on any atom is 0.337 e. The van der Waals surface area contributed by atoms with Crippen molar-refractivity contribution in [3.63, 3.8) is 0 Å². The number of para-hydroxylation sites is 1. The Bertz CT molecular complexity index is 677. The predicted octanol–water partition coefficient (Wildman–Crippen LogP) is 3.29. The molecule has 21 heavy (non-hydrogen) atoms. The lowest BCUT2D eigenvalue weighted by molar-refractivity contribution is 0.0600. The third-order valence-corrected chi connectivity index (χ3v) is 2.97. The number of methoxy groups -OCH3 is 1. The smallest absolute Gasteiger partial charge is 0.337 e. The number of carbonyl (C=O) groups is 1. The number of nitriles is 1. The number of nitrogens with one attached hydrogen (secondary N) is 1. The van der Waals surface area contributed by atoms with Gasteiger partial charge < -0.3 is 10.1 Å². The van der Waals surface area contributed by atoms with Gasteiger partial charge in [0.05, 0.1) is 24.4 Å². The average molecular weight is 284 g/mol. The van der Waals surface area contributed by atoms with Gasteiger partial charge in [-0.05, 0) is 29.8 Å². The standard InChI is InChI=1S/C16H13FN2O2/c1-21-16(20)12-8-6-11(7-9-12)15(10-18)19-14-5-3-2-4-13(14)17/h2-9,15,19H,1H3. The number of ether oxygens (including phenoxy) is 1. The first kappa shape index (κ1) is 14.5. The summed E-state index contributed by atoms with van der Waals surface area (Å²) in [7, 11) is 1.30. The molecule has 0 aliphatic heterocycles. The van der Waals surface area contributed by atoms with Crippen LogP contribution in [0.1, 0.15) is 22.0 Å². The Balaban J connectivity index is 2.20. The number of benzene rings is 2. The number of hydrogen-bond donors (Lipinski definition) is 1. The van der Waals surface area contributed by atoms with Crippen molar-refractivity contribution in [1.82, 2.24) is 0 Å². The Morgan fingerprint density at radius 2 is 1.90 bits per heavy atom. The molecule has 1 unspecified atom stereocenters. The summed E-state index contributed by atoms with van der Waals surface area (Å²) in [6.45, 7) is 0. The zero-order valence-corrected chi connectivity index (χ0v) is 11.3. The second-order valence-electron chi connectivity index (χ2n) is 4.30. The number of hydrogen-bond acceptors (Lipinski definition) is 4. The summed E-state index contributed by atoms with van der Waals surface area (Å²) < 4.78 is 18.2. The summed E-state index contributed by atoms with van der Waals surface area (Å²) in [4.78, 5) is 11.3. The molecule has 0 amide bonds. The van der Waals surface area contributed by atoms with E-state index in [-0.39, 0.29) is 5.69 Å². The largest absolute Gasteiger partial charge is 0.465 e. The molecule has 0 spiro atoms. The highest BCUT2D eigenvalue weighted by molar-refractivity contribution is 5.89. The summed E-state index contributed by atoms with van der Waals surface area (Å²) in [5.41, 5.74) is 1.28. The summed E-state index contributed by atoms with van der Waals surface area (Å²) in [6, 6.07) is 13.9. The fourth-order valence-corrected chi connectivity index (χ4v) is 1.85. The third-order valence-electron chi connectivity index (χ3n) is 2.97. The van der Waals surface area contributed by atoms with E-state index >= 15 is 0 Å². The fourth-order valence-electron chi connectivity index (χ4n) is 1.85. The predicted molar refractivity (Wildman–Crippen MR) is 76.2 cm³/mol. The van der Waals surface area contributed by atoms with Crippen LogP contribution in [0.15, 0.2) is 48.5 Å². The topological polar surface area (TPSA) is 62.1 Å². The van der Waals surface area contributed by atoms with E-state index in [2.05, 4.69) is 16.1 Å². The van der Waals surface area contributed by atoms with E-state index in [1.54, 1.807) is 42.5 Å². The van der Waals surface area contributed by atoms with Crippen molar-refractivity contribution < 1.29 is 13.9 Å². The summed E-state index contributed by atoms with van der Waals surface area (Å²) in [5, 5.41) is 12.1. The van der Waals surface area contributed by atoms with E-state index < -0.39 is 17.8 Å². The number of halogens is 1. The van der Waals surface area contributed by atoms with Gasteiger partial charge in [0.1, 0.15) is 11.9 Å². The molecule has 106 valence electrons. The normalized spacial score (nSPS) is 11.3. The van der Waals surface area contributed by atoms with Gasteiger partial charge in [-0.15, -0.1) is 0 Å². The van der Waals surface area contributed by atoms with Gasteiger partial charge in [0.25, 0.3) is 0 Å². The van der Waals surface area contributed by atoms with Crippen LogP contribution < -0.4 is 5.32 Å². The highest BCUT2D eigenvalue weighted by Gasteiger charge is 2.13. The van der Waals surface area contributed by atoms with Crippen LogP contribution in [-0.4, -0.2) is 13.1 Å². The zero-order chi connectivity index (χ0) is 15.2. The van der Waals surface area contributed by atoms with E-state index in [0.717, 1.165) is 0 Å². The maximum atomic E-state index is 13.6. The van der Waals surface area contributed by atoms with E-state index in [1.807, 2.05) is 0 Å². The fraction of sp³-hybridized carbons (Fsp3) is 0.125. The van der Waals surface area contributed by atoms with Gasteiger partial charge in [-0.2, -0.15) is 5.26 Å². The van der Waals surface area contributed by atoms with Gasteiger partial charge in [0, 0.05) is 0 Å². The molecule has 2 aromatic carbocycles. The molecule has 1 atom stereocenters. The average Bonchev–Trinajstić information content (AvgIpc) is 2.53. The van der Waals surface area contributed by atoms with E-state index in [9.17, 15) is 14.4 Å². The van der Waals surface area contributed by atoms with E-state index in [1.165, 1.54) is 13.2 Å².